The average Bonchev–Trinajstić information content (AvgIpc) is 3.30. The molecular weight excluding hydrogens is 484 g/mol. The molecule has 0 bridgehead atoms. The summed E-state index contributed by atoms with van der Waals surface area (Å²) in [6.45, 7) is -0.178. The van der Waals surface area contributed by atoms with Crippen LogP contribution in [0.15, 0.2) is 48.7 Å². The van der Waals surface area contributed by atoms with Gasteiger partial charge >= 0.3 is 0 Å². The number of hydrogen-bond donors (Lipinski definition) is 7. The summed E-state index contributed by atoms with van der Waals surface area (Å²) in [6.07, 6.45) is -1.49. The van der Waals surface area contributed by atoms with E-state index < -0.39 is 37.3 Å². The van der Waals surface area contributed by atoms with Crippen molar-refractivity contribution in [2.75, 3.05) is 20.3 Å². The minimum absolute atomic E-state index is 0.0181. The van der Waals surface area contributed by atoms with Crippen LogP contribution in [-0.4, -0.2) is 87.4 Å². The van der Waals surface area contributed by atoms with Crippen LogP contribution >= 0.6 is 0 Å². The van der Waals surface area contributed by atoms with Crippen molar-refractivity contribution in [2.24, 2.45) is 0 Å². The topological polar surface area (TPSA) is 174 Å². The molecule has 7 N–H and O–H groups in total. The van der Waals surface area contributed by atoms with Gasteiger partial charge in [0.1, 0.15) is 30.2 Å². The van der Waals surface area contributed by atoms with Crippen molar-refractivity contribution < 1.29 is 44.5 Å². The first-order chi connectivity index (χ1) is 17.8. The third kappa shape index (κ3) is 6.04. The smallest absolute Gasteiger partial charge is 0.244 e. The number of fused-ring (bicyclic) bond motifs is 1. The molecule has 2 heterocycles. The molecule has 1 fully saturated rings. The van der Waals surface area contributed by atoms with Crippen LogP contribution in [0.2, 0.25) is 0 Å². The van der Waals surface area contributed by atoms with Gasteiger partial charge in [0, 0.05) is 29.7 Å². The SMILES string of the molecule is COc1cc(/C=C/C(=O)NCCc2c[nH]c3ccc(OC4OC(CO)C(O)C(O)C4O)cc23)ccc1O. The van der Waals surface area contributed by atoms with E-state index in [1.165, 1.54) is 19.3 Å². The normalized spacial score (nSPS) is 23.9. The number of carbonyl (C=O) groups excluding carboxylic acids is 1. The second kappa shape index (κ2) is 11.6. The van der Waals surface area contributed by atoms with Gasteiger partial charge in [-0.2, -0.15) is 0 Å². The first kappa shape index (κ1) is 26.5. The fourth-order valence-corrected chi connectivity index (χ4v) is 4.09. The maximum Gasteiger partial charge on any atom is 0.244 e. The Hall–Kier alpha value is -3.61. The Morgan fingerprint density at radius 3 is 2.70 bits per heavy atom. The van der Waals surface area contributed by atoms with Crippen LogP contribution in [-0.2, 0) is 16.0 Å². The van der Waals surface area contributed by atoms with Crippen LogP contribution in [0.4, 0.5) is 0 Å². The van der Waals surface area contributed by atoms with Gasteiger partial charge in [-0.15, -0.1) is 0 Å². The van der Waals surface area contributed by atoms with Crippen molar-refractivity contribution in [1.82, 2.24) is 10.3 Å². The molecule has 2 aromatic carbocycles. The number of benzene rings is 2. The van der Waals surface area contributed by atoms with E-state index in [1.807, 2.05) is 6.20 Å². The zero-order valence-corrected chi connectivity index (χ0v) is 20.1. The molecule has 1 aliphatic heterocycles. The number of phenols is 1. The molecule has 198 valence electrons. The number of hydrogen-bond acceptors (Lipinski definition) is 9. The molecule has 4 rings (SSSR count). The Morgan fingerprint density at radius 2 is 1.95 bits per heavy atom. The molecule has 0 radical (unpaired) electrons. The van der Waals surface area contributed by atoms with Crippen LogP contribution in [0.1, 0.15) is 11.1 Å². The number of H-pyrrole nitrogens is 1. The maximum absolute atomic E-state index is 12.2. The van der Waals surface area contributed by atoms with Crippen molar-refractivity contribution in [3.8, 4) is 17.2 Å². The quantitative estimate of drug-likeness (QED) is 0.200. The lowest BCUT2D eigenvalue weighted by Crippen LogP contribution is -2.60. The van der Waals surface area contributed by atoms with E-state index >= 15 is 0 Å². The molecule has 37 heavy (non-hydrogen) atoms. The van der Waals surface area contributed by atoms with Gasteiger partial charge in [-0.3, -0.25) is 4.79 Å². The summed E-state index contributed by atoms with van der Waals surface area (Å²) in [6, 6.07) is 9.96. The average molecular weight is 515 g/mol. The maximum atomic E-state index is 12.2. The van der Waals surface area contributed by atoms with Crippen molar-refractivity contribution in [1.29, 1.82) is 0 Å². The van der Waals surface area contributed by atoms with E-state index in [1.54, 1.807) is 36.4 Å². The van der Waals surface area contributed by atoms with Gasteiger partial charge in [-0.1, -0.05) is 6.07 Å². The molecule has 1 aromatic heterocycles. The molecule has 0 saturated carbocycles. The summed E-state index contributed by atoms with van der Waals surface area (Å²) in [5.41, 5.74) is 2.46. The van der Waals surface area contributed by atoms with Crippen molar-refractivity contribution in [2.45, 2.75) is 37.1 Å². The summed E-state index contributed by atoms with van der Waals surface area (Å²) >= 11 is 0. The number of phenolic OH excluding ortho intramolecular Hbond substituents is 1. The monoisotopic (exact) mass is 514 g/mol. The van der Waals surface area contributed by atoms with Crippen LogP contribution in [0, 0.1) is 0 Å². The van der Waals surface area contributed by atoms with E-state index in [0.717, 1.165) is 16.5 Å². The molecule has 5 unspecified atom stereocenters. The lowest BCUT2D eigenvalue weighted by molar-refractivity contribution is -0.277. The predicted octanol–water partition coefficient (Wildman–Crippen LogP) is 0.433. The Kier molecular flexibility index (Phi) is 8.31. The number of rotatable bonds is 9. The number of aliphatic hydroxyl groups excluding tert-OH is 4. The molecule has 3 aromatic rings. The number of carbonyl (C=O) groups is 1. The van der Waals surface area contributed by atoms with E-state index in [4.69, 9.17) is 14.2 Å². The Labute approximate surface area is 212 Å². The summed E-state index contributed by atoms with van der Waals surface area (Å²) in [5.74, 6) is 0.411. The van der Waals surface area contributed by atoms with Crippen LogP contribution in [0.3, 0.4) is 0 Å². The van der Waals surface area contributed by atoms with Gasteiger partial charge in [0.05, 0.1) is 13.7 Å². The van der Waals surface area contributed by atoms with Crippen molar-refractivity contribution in [3.05, 3.63) is 59.8 Å². The standard InChI is InChI=1S/C26H30N2O9/c1-35-20-10-14(2-6-19(20)30)3-7-22(31)27-9-8-15-12-28-18-5-4-16(11-17(15)18)36-26-25(34)24(33)23(32)21(13-29)37-26/h2-7,10-12,21,23-26,28-30,32-34H,8-9,13H2,1H3,(H,27,31)/b7-3+. The number of aromatic amines is 1. The Morgan fingerprint density at radius 1 is 1.14 bits per heavy atom. The Bertz CT molecular complexity index is 1260. The lowest BCUT2D eigenvalue weighted by Gasteiger charge is -2.39. The number of aliphatic hydroxyl groups is 4. The second-order valence-electron chi connectivity index (χ2n) is 8.64. The summed E-state index contributed by atoms with van der Waals surface area (Å²) in [5, 5.41) is 52.8. The highest BCUT2D eigenvalue weighted by Crippen LogP contribution is 2.29. The summed E-state index contributed by atoms with van der Waals surface area (Å²) < 4.78 is 16.2. The largest absolute Gasteiger partial charge is 0.504 e. The zero-order chi connectivity index (χ0) is 26.5. The van der Waals surface area contributed by atoms with E-state index in [-0.39, 0.29) is 11.7 Å². The van der Waals surface area contributed by atoms with Gasteiger partial charge in [-0.05, 0) is 54.0 Å². The second-order valence-corrected chi connectivity index (χ2v) is 8.64. The van der Waals surface area contributed by atoms with E-state index in [0.29, 0.717) is 30.0 Å². The molecule has 1 aliphatic rings. The molecule has 1 amide bonds. The minimum atomic E-state index is -1.53. The van der Waals surface area contributed by atoms with Gasteiger partial charge in [0.25, 0.3) is 0 Å². The van der Waals surface area contributed by atoms with E-state index in [9.17, 15) is 30.3 Å². The van der Waals surface area contributed by atoms with Crippen molar-refractivity contribution >= 4 is 22.9 Å². The van der Waals surface area contributed by atoms with Crippen LogP contribution in [0.25, 0.3) is 17.0 Å². The lowest BCUT2D eigenvalue weighted by atomic mass is 9.99. The predicted molar refractivity (Wildman–Crippen MR) is 133 cm³/mol. The van der Waals surface area contributed by atoms with Gasteiger partial charge < -0.3 is 50.0 Å². The summed E-state index contributed by atoms with van der Waals surface area (Å²) in [7, 11) is 1.45. The molecule has 0 spiro atoms. The third-order valence-corrected chi connectivity index (χ3v) is 6.16. The van der Waals surface area contributed by atoms with Crippen LogP contribution < -0.4 is 14.8 Å². The van der Waals surface area contributed by atoms with E-state index in [2.05, 4.69) is 10.3 Å². The summed E-state index contributed by atoms with van der Waals surface area (Å²) in [4.78, 5) is 15.4. The highest BCUT2D eigenvalue weighted by atomic mass is 16.7. The van der Waals surface area contributed by atoms with Gasteiger partial charge in [0.2, 0.25) is 12.2 Å². The fourth-order valence-electron chi connectivity index (χ4n) is 4.09. The first-order valence-electron chi connectivity index (χ1n) is 11.7. The zero-order valence-electron chi connectivity index (χ0n) is 20.1. The molecule has 5 atom stereocenters. The Balaban J connectivity index is 1.36. The third-order valence-electron chi connectivity index (χ3n) is 6.16. The number of aromatic hydroxyl groups is 1. The number of amides is 1. The minimum Gasteiger partial charge on any atom is -0.504 e. The number of methoxy groups -OCH3 is 1. The van der Waals surface area contributed by atoms with Crippen LogP contribution in [0.5, 0.6) is 17.2 Å². The molecular formula is C26H30N2O9. The van der Waals surface area contributed by atoms with Gasteiger partial charge in [0.15, 0.2) is 11.5 Å². The first-order valence-corrected chi connectivity index (χ1v) is 11.7. The molecule has 11 nitrogen and oxygen atoms in total. The highest BCUT2D eigenvalue weighted by Gasteiger charge is 2.44. The molecule has 11 heteroatoms. The fraction of sp³-hybridized carbons (Fsp3) is 0.346. The number of aromatic nitrogens is 1. The molecule has 0 aliphatic carbocycles. The molecule has 1 saturated heterocycles. The number of nitrogens with one attached hydrogen (secondary N) is 2. The van der Waals surface area contributed by atoms with Crippen molar-refractivity contribution in [3.63, 3.8) is 0 Å². The highest BCUT2D eigenvalue weighted by molar-refractivity contribution is 5.92. The van der Waals surface area contributed by atoms with Gasteiger partial charge in [-0.25, -0.2) is 0 Å². The number of ether oxygens (including phenoxy) is 3.